The van der Waals surface area contributed by atoms with Gasteiger partial charge in [0.1, 0.15) is 16.8 Å². The molecule has 2 heterocycles. The normalized spacial score (nSPS) is 24.0. The van der Waals surface area contributed by atoms with Crippen molar-refractivity contribution >= 4 is 17.8 Å². The van der Waals surface area contributed by atoms with Crippen molar-refractivity contribution < 1.29 is 24.9 Å². The van der Waals surface area contributed by atoms with Crippen LogP contribution >= 0.6 is 0 Å². The molecular formula is C17H24N2O5. The number of aliphatic hydroxyl groups is 1. The van der Waals surface area contributed by atoms with Gasteiger partial charge < -0.3 is 20.2 Å². The summed E-state index contributed by atoms with van der Waals surface area (Å²) in [5.41, 5.74) is 0.234. The molecule has 0 radical (unpaired) electrons. The number of pyridine rings is 1. The van der Waals surface area contributed by atoms with E-state index >= 15 is 0 Å². The Kier molecular flexibility index (Phi) is 5.13. The second-order valence-corrected chi connectivity index (χ2v) is 6.50. The number of anilines is 1. The molecule has 1 saturated heterocycles. The summed E-state index contributed by atoms with van der Waals surface area (Å²) in [6, 6.07) is 1.56. The van der Waals surface area contributed by atoms with Crippen LogP contribution in [0.3, 0.4) is 0 Å². The summed E-state index contributed by atoms with van der Waals surface area (Å²) in [4.78, 5) is 29.5. The van der Waals surface area contributed by atoms with Gasteiger partial charge in [0.05, 0.1) is 6.10 Å². The first-order valence-corrected chi connectivity index (χ1v) is 8.11. The van der Waals surface area contributed by atoms with Gasteiger partial charge in [-0.25, -0.2) is 9.78 Å². The van der Waals surface area contributed by atoms with Crippen LogP contribution in [0.5, 0.6) is 0 Å². The van der Waals surface area contributed by atoms with Gasteiger partial charge in [-0.05, 0) is 38.3 Å². The summed E-state index contributed by atoms with van der Waals surface area (Å²) in [6.07, 6.45) is 0.252. The van der Waals surface area contributed by atoms with Crippen LogP contribution in [0, 0.1) is 19.3 Å². The summed E-state index contributed by atoms with van der Waals surface area (Å²) in [6.45, 7) is 5.87. The Morgan fingerprint density at radius 2 is 2.04 bits per heavy atom. The SMILES string of the molecule is CCC[C@]1(C(=O)O)CN(c2nc(C)c(C)cc2C(=O)O)CC[C@@H]1O. The highest BCUT2D eigenvalue weighted by Gasteiger charge is 2.49. The van der Waals surface area contributed by atoms with E-state index in [-0.39, 0.29) is 24.3 Å². The second-order valence-electron chi connectivity index (χ2n) is 6.50. The van der Waals surface area contributed by atoms with Gasteiger partial charge >= 0.3 is 11.9 Å². The molecule has 1 aromatic heterocycles. The number of nitrogens with zero attached hydrogens (tertiary/aromatic N) is 2. The van der Waals surface area contributed by atoms with Gasteiger partial charge in [0, 0.05) is 18.8 Å². The molecule has 0 spiro atoms. The van der Waals surface area contributed by atoms with Gasteiger partial charge in [-0.1, -0.05) is 13.3 Å². The van der Waals surface area contributed by atoms with Gasteiger partial charge in [-0.2, -0.15) is 0 Å². The number of hydrogen-bond acceptors (Lipinski definition) is 5. The number of hydrogen-bond donors (Lipinski definition) is 3. The molecule has 1 aliphatic rings. The minimum absolute atomic E-state index is 0.0487. The molecule has 1 fully saturated rings. The third kappa shape index (κ3) is 3.08. The summed E-state index contributed by atoms with van der Waals surface area (Å²) in [5.74, 6) is -1.87. The van der Waals surface area contributed by atoms with Crippen molar-refractivity contribution in [1.29, 1.82) is 0 Å². The van der Waals surface area contributed by atoms with Gasteiger partial charge in [-0.3, -0.25) is 4.79 Å². The maximum atomic E-state index is 11.9. The van der Waals surface area contributed by atoms with Crippen LogP contribution in [0.4, 0.5) is 5.82 Å². The van der Waals surface area contributed by atoms with E-state index in [1.165, 1.54) is 0 Å². The van der Waals surface area contributed by atoms with Crippen LogP contribution in [0.15, 0.2) is 6.07 Å². The molecule has 0 saturated carbocycles. The molecule has 0 aromatic carbocycles. The molecule has 0 unspecified atom stereocenters. The number of aliphatic carboxylic acids is 1. The molecule has 0 aliphatic carbocycles. The highest BCUT2D eigenvalue weighted by Crippen LogP contribution is 2.38. The number of aliphatic hydroxyl groups excluding tert-OH is 1. The number of aryl methyl sites for hydroxylation is 2. The van der Waals surface area contributed by atoms with Crippen molar-refractivity contribution in [2.24, 2.45) is 5.41 Å². The smallest absolute Gasteiger partial charge is 0.339 e. The highest BCUT2D eigenvalue weighted by molar-refractivity contribution is 5.94. The molecule has 1 aromatic rings. The van der Waals surface area contributed by atoms with E-state index in [1.807, 2.05) is 6.92 Å². The van der Waals surface area contributed by atoms with Crippen LogP contribution in [0.1, 0.15) is 47.8 Å². The van der Waals surface area contributed by atoms with Crippen LogP contribution in [-0.4, -0.2) is 51.4 Å². The molecule has 2 rings (SSSR count). The lowest BCUT2D eigenvalue weighted by molar-refractivity contribution is -0.158. The molecule has 7 heteroatoms. The first-order chi connectivity index (χ1) is 11.2. The van der Waals surface area contributed by atoms with E-state index in [4.69, 9.17) is 0 Å². The zero-order valence-electron chi connectivity index (χ0n) is 14.2. The summed E-state index contributed by atoms with van der Waals surface area (Å²) in [7, 11) is 0. The van der Waals surface area contributed by atoms with Crippen LogP contribution < -0.4 is 4.90 Å². The van der Waals surface area contributed by atoms with Gasteiger partial charge in [0.15, 0.2) is 0 Å². The fourth-order valence-corrected chi connectivity index (χ4v) is 3.36. The van der Waals surface area contributed by atoms with E-state index in [0.29, 0.717) is 25.1 Å². The Morgan fingerprint density at radius 1 is 1.38 bits per heavy atom. The molecular weight excluding hydrogens is 312 g/mol. The third-order valence-corrected chi connectivity index (χ3v) is 4.88. The van der Waals surface area contributed by atoms with E-state index in [2.05, 4.69) is 4.98 Å². The molecule has 7 nitrogen and oxygen atoms in total. The number of aromatic carboxylic acids is 1. The zero-order chi connectivity index (χ0) is 18.1. The third-order valence-electron chi connectivity index (χ3n) is 4.88. The van der Waals surface area contributed by atoms with Crippen molar-refractivity contribution in [3.05, 3.63) is 22.9 Å². The van der Waals surface area contributed by atoms with E-state index < -0.39 is 23.5 Å². The van der Waals surface area contributed by atoms with Crippen molar-refractivity contribution in [2.45, 2.75) is 46.1 Å². The first kappa shape index (κ1) is 18.2. The monoisotopic (exact) mass is 336 g/mol. The number of carboxylic acid groups (broad SMARTS) is 2. The van der Waals surface area contributed by atoms with Gasteiger partial charge in [0.2, 0.25) is 0 Å². The van der Waals surface area contributed by atoms with E-state index in [9.17, 15) is 24.9 Å². The topological polar surface area (TPSA) is 111 Å². The predicted molar refractivity (Wildman–Crippen MR) is 88.5 cm³/mol. The molecule has 132 valence electrons. The average Bonchev–Trinajstić information content (AvgIpc) is 2.51. The minimum Gasteiger partial charge on any atom is -0.481 e. The van der Waals surface area contributed by atoms with Crippen molar-refractivity contribution in [1.82, 2.24) is 4.98 Å². The minimum atomic E-state index is -1.30. The average molecular weight is 336 g/mol. The molecule has 1 aliphatic heterocycles. The second kappa shape index (κ2) is 6.76. The van der Waals surface area contributed by atoms with Crippen LogP contribution in [0.2, 0.25) is 0 Å². The quantitative estimate of drug-likeness (QED) is 0.752. The van der Waals surface area contributed by atoms with Crippen LogP contribution in [-0.2, 0) is 4.79 Å². The Morgan fingerprint density at radius 3 is 2.58 bits per heavy atom. The Hall–Kier alpha value is -2.15. The fraction of sp³-hybridized carbons (Fsp3) is 0.588. The van der Waals surface area contributed by atoms with Gasteiger partial charge in [-0.15, -0.1) is 0 Å². The molecule has 0 amide bonds. The first-order valence-electron chi connectivity index (χ1n) is 8.11. The van der Waals surface area contributed by atoms with Gasteiger partial charge in [0.25, 0.3) is 0 Å². The van der Waals surface area contributed by atoms with Crippen molar-refractivity contribution in [2.75, 3.05) is 18.0 Å². The number of carboxylic acids is 2. The van der Waals surface area contributed by atoms with E-state index in [1.54, 1.807) is 24.8 Å². The Bertz CT molecular complexity index is 661. The maximum absolute atomic E-state index is 11.9. The number of piperidine rings is 1. The number of rotatable bonds is 5. The standard InChI is InChI=1S/C17H24N2O5/c1-4-6-17(16(23)24)9-19(7-5-13(17)20)14-12(15(21)22)8-10(2)11(3)18-14/h8,13,20H,4-7,9H2,1-3H3,(H,21,22)(H,23,24)/t13-,17-/m0/s1. The predicted octanol–water partition coefficient (Wildman–Crippen LogP) is 1.84. The van der Waals surface area contributed by atoms with Crippen LogP contribution in [0.25, 0.3) is 0 Å². The number of aromatic nitrogens is 1. The largest absolute Gasteiger partial charge is 0.481 e. The molecule has 2 atom stereocenters. The molecule has 24 heavy (non-hydrogen) atoms. The van der Waals surface area contributed by atoms with Crippen molar-refractivity contribution in [3.8, 4) is 0 Å². The van der Waals surface area contributed by atoms with Crippen molar-refractivity contribution in [3.63, 3.8) is 0 Å². The highest BCUT2D eigenvalue weighted by atomic mass is 16.4. The maximum Gasteiger partial charge on any atom is 0.339 e. The lowest BCUT2D eigenvalue weighted by Crippen LogP contribution is -2.56. The lowest BCUT2D eigenvalue weighted by Gasteiger charge is -2.44. The zero-order valence-corrected chi connectivity index (χ0v) is 14.2. The summed E-state index contributed by atoms with van der Waals surface area (Å²) in [5, 5.41) is 29.5. The Balaban J connectivity index is 2.48. The Labute approximate surface area is 140 Å². The number of carbonyl (C=O) groups is 2. The molecule has 3 N–H and O–H groups in total. The van der Waals surface area contributed by atoms with E-state index in [0.717, 1.165) is 5.56 Å². The molecule has 0 bridgehead atoms. The summed E-state index contributed by atoms with van der Waals surface area (Å²) < 4.78 is 0. The lowest BCUT2D eigenvalue weighted by atomic mass is 9.74. The summed E-state index contributed by atoms with van der Waals surface area (Å²) >= 11 is 0. The fourth-order valence-electron chi connectivity index (χ4n) is 3.36.